The van der Waals surface area contributed by atoms with E-state index in [9.17, 15) is 10.2 Å². The average molecular weight is 225 g/mol. The van der Waals surface area contributed by atoms with Crippen LogP contribution in [0.2, 0.25) is 0 Å². The molecular weight excluding hydrogens is 214 g/mol. The third-order valence-corrected chi connectivity index (χ3v) is 3.96. The van der Waals surface area contributed by atoms with E-state index in [0.29, 0.717) is 16.5 Å². The van der Waals surface area contributed by atoms with Crippen LogP contribution in [-0.2, 0) is 0 Å². The molecule has 2 unspecified atom stereocenters. The van der Waals surface area contributed by atoms with E-state index >= 15 is 0 Å². The number of phenols is 2. The lowest BCUT2D eigenvalue weighted by Crippen LogP contribution is -1.96. The number of phenolic OH excluding ortho intramolecular Hbond substituents is 2. The Morgan fingerprint density at radius 2 is 1.65 bits per heavy atom. The molecule has 2 atom stereocenters. The van der Waals surface area contributed by atoms with Crippen LogP contribution in [-0.4, -0.2) is 15.2 Å². The molecule has 4 rings (SSSR count). The summed E-state index contributed by atoms with van der Waals surface area (Å²) in [6.45, 7) is 0. The summed E-state index contributed by atoms with van der Waals surface area (Å²) in [4.78, 5) is 4.01. The minimum atomic E-state index is 0.255. The van der Waals surface area contributed by atoms with Gasteiger partial charge in [-0.15, -0.1) is 0 Å². The predicted molar refractivity (Wildman–Crippen MR) is 64.3 cm³/mol. The van der Waals surface area contributed by atoms with E-state index in [1.54, 1.807) is 18.5 Å². The van der Waals surface area contributed by atoms with Crippen molar-refractivity contribution in [2.45, 2.75) is 18.3 Å². The van der Waals surface area contributed by atoms with Gasteiger partial charge in [0.2, 0.25) is 0 Å². The highest BCUT2D eigenvalue weighted by Crippen LogP contribution is 2.57. The van der Waals surface area contributed by atoms with E-state index in [1.807, 2.05) is 0 Å². The van der Waals surface area contributed by atoms with Crippen LogP contribution >= 0.6 is 0 Å². The maximum Gasteiger partial charge on any atom is 0.129 e. The summed E-state index contributed by atoms with van der Waals surface area (Å²) >= 11 is 0. The SMILES string of the molecule is Oc1c2c(c(O)c3cnccc13)C1C=CC2C1. The topological polar surface area (TPSA) is 53.4 Å². The first-order valence-corrected chi connectivity index (χ1v) is 5.77. The van der Waals surface area contributed by atoms with Crippen molar-refractivity contribution in [2.75, 3.05) is 0 Å². The first-order valence-electron chi connectivity index (χ1n) is 5.77. The van der Waals surface area contributed by atoms with Crippen molar-refractivity contribution < 1.29 is 10.2 Å². The number of aromatic nitrogens is 1. The molecule has 0 radical (unpaired) electrons. The molecular formula is C14H11NO2. The van der Waals surface area contributed by atoms with Crippen LogP contribution in [0.1, 0.15) is 29.4 Å². The van der Waals surface area contributed by atoms with Crippen molar-refractivity contribution in [2.24, 2.45) is 0 Å². The van der Waals surface area contributed by atoms with E-state index in [1.165, 1.54) is 0 Å². The molecule has 0 saturated heterocycles. The summed E-state index contributed by atoms with van der Waals surface area (Å²) in [5.74, 6) is 1.12. The lowest BCUT2D eigenvalue weighted by molar-refractivity contribution is 0.460. The van der Waals surface area contributed by atoms with E-state index < -0.39 is 0 Å². The Hall–Kier alpha value is -2.03. The van der Waals surface area contributed by atoms with Gasteiger partial charge >= 0.3 is 0 Å². The highest BCUT2D eigenvalue weighted by atomic mass is 16.3. The first-order chi connectivity index (χ1) is 8.27. The Morgan fingerprint density at radius 1 is 1.00 bits per heavy atom. The molecule has 2 N–H and O–H groups in total. The second kappa shape index (κ2) is 2.80. The number of aromatic hydroxyl groups is 2. The zero-order valence-corrected chi connectivity index (χ0v) is 9.09. The summed E-state index contributed by atoms with van der Waals surface area (Å²) in [5, 5.41) is 22.0. The number of hydrogen-bond acceptors (Lipinski definition) is 3. The molecule has 2 aliphatic rings. The Balaban J connectivity index is 2.20. The molecule has 2 aliphatic carbocycles. The average Bonchev–Trinajstić information content (AvgIpc) is 2.96. The van der Waals surface area contributed by atoms with Crippen molar-refractivity contribution in [3.05, 3.63) is 41.7 Å². The van der Waals surface area contributed by atoms with Crippen molar-refractivity contribution in [3.63, 3.8) is 0 Å². The van der Waals surface area contributed by atoms with Crippen LogP contribution in [0, 0.1) is 0 Å². The molecule has 1 aromatic heterocycles. The van der Waals surface area contributed by atoms with Crippen LogP contribution in [0.3, 0.4) is 0 Å². The van der Waals surface area contributed by atoms with Crippen molar-refractivity contribution >= 4 is 10.8 Å². The molecule has 2 aromatic rings. The van der Waals surface area contributed by atoms with E-state index in [2.05, 4.69) is 17.1 Å². The van der Waals surface area contributed by atoms with Gasteiger partial charge in [-0.05, 0) is 12.5 Å². The number of hydrogen-bond donors (Lipinski definition) is 2. The highest BCUT2D eigenvalue weighted by Gasteiger charge is 2.38. The number of allylic oxidation sites excluding steroid dienone is 2. The maximum absolute atomic E-state index is 10.3. The molecule has 0 fully saturated rings. The number of benzene rings is 1. The largest absolute Gasteiger partial charge is 0.507 e. The fourth-order valence-electron chi connectivity index (χ4n) is 3.21. The molecule has 84 valence electrons. The van der Waals surface area contributed by atoms with Gasteiger partial charge in [0.15, 0.2) is 0 Å². The number of fused-ring (bicyclic) bond motifs is 6. The van der Waals surface area contributed by atoms with Gasteiger partial charge in [0.1, 0.15) is 11.5 Å². The van der Waals surface area contributed by atoms with Gasteiger partial charge in [-0.2, -0.15) is 0 Å². The second-order valence-corrected chi connectivity index (χ2v) is 4.78. The fraction of sp³-hybridized carbons (Fsp3) is 0.214. The van der Waals surface area contributed by atoms with E-state index in [-0.39, 0.29) is 17.6 Å². The van der Waals surface area contributed by atoms with Crippen LogP contribution in [0.15, 0.2) is 30.6 Å². The van der Waals surface area contributed by atoms with Crippen molar-refractivity contribution in [1.29, 1.82) is 0 Å². The summed E-state index contributed by atoms with van der Waals surface area (Å²) in [7, 11) is 0. The minimum absolute atomic E-state index is 0.255. The zero-order valence-electron chi connectivity index (χ0n) is 9.09. The van der Waals surface area contributed by atoms with Crippen LogP contribution in [0.4, 0.5) is 0 Å². The Bertz CT molecular complexity index is 619. The Labute approximate surface area is 98.0 Å². The summed E-state index contributed by atoms with van der Waals surface area (Å²) in [5.41, 5.74) is 1.81. The van der Waals surface area contributed by atoms with Crippen LogP contribution in [0.5, 0.6) is 11.5 Å². The highest BCUT2D eigenvalue weighted by molar-refractivity contribution is 5.96. The molecule has 3 nitrogen and oxygen atoms in total. The molecule has 17 heavy (non-hydrogen) atoms. The van der Waals surface area contributed by atoms with Crippen molar-refractivity contribution in [1.82, 2.24) is 4.98 Å². The molecule has 1 heterocycles. The van der Waals surface area contributed by atoms with E-state index in [0.717, 1.165) is 17.5 Å². The molecule has 1 aromatic carbocycles. The number of nitrogens with zero attached hydrogens (tertiary/aromatic N) is 1. The summed E-state index contributed by atoms with van der Waals surface area (Å²) < 4.78 is 0. The van der Waals surface area contributed by atoms with Gasteiger partial charge in [-0.25, -0.2) is 0 Å². The lowest BCUT2D eigenvalue weighted by Gasteiger charge is -2.16. The number of pyridine rings is 1. The van der Waals surface area contributed by atoms with Crippen LogP contribution in [0.25, 0.3) is 10.8 Å². The normalized spacial score (nSPS) is 24.5. The Morgan fingerprint density at radius 3 is 2.35 bits per heavy atom. The third kappa shape index (κ3) is 0.947. The van der Waals surface area contributed by atoms with Gasteiger partial charge < -0.3 is 10.2 Å². The molecule has 0 saturated carbocycles. The number of rotatable bonds is 0. The maximum atomic E-state index is 10.3. The van der Waals surface area contributed by atoms with Crippen molar-refractivity contribution in [3.8, 4) is 11.5 Å². The summed E-state index contributed by atoms with van der Waals surface area (Å²) in [6.07, 6.45) is 8.46. The smallest absolute Gasteiger partial charge is 0.129 e. The standard InChI is InChI=1S/C14H11NO2/c16-13-9-3-4-15-6-10(9)14(17)12-8-2-1-7(5-8)11(12)13/h1-4,6-8,16-17H,5H2. The van der Waals surface area contributed by atoms with Gasteiger partial charge in [0, 0.05) is 46.1 Å². The summed E-state index contributed by atoms with van der Waals surface area (Å²) in [6, 6.07) is 1.75. The molecule has 0 amide bonds. The second-order valence-electron chi connectivity index (χ2n) is 4.78. The van der Waals surface area contributed by atoms with Gasteiger partial charge in [0.25, 0.3) is 0 Å². The quantitative estimate of drug-likeness (QED) is 0.535. The molecule has 2 bridgehead atoms. The molecule has 0 aliphatic heterocycles. The van der Waals surface area contributed by atoms with Gasteiger partial charge in [-0.1, -0.05) is 12.2 Å². The third-order valence-electron chi connectivity index (χ3n) is 3.96. The fourth-order valence-corrected chi connectivity index (χ4v) is 3.21. The monoisotopic (exact) mass is 225 g/mol. The molecule has 3 heteroatoms. The minimum Gasteiger partial charge on any atom is -0.507 e. The van der Waals surface area contributed by atoms with E-state index in [4.69, 9.17) is 0 Å². The Kier molecular flexibility index (Phi) is 1.49. The van der Waals surface area contributed by atoms with Crippen LogP contribution < -0.4 is 0 Å². The molecule has 0 spiro atoms. The van der Waals surface area contributed by atoms with Gasteiger partial charge in [0.05, 0.1) is 0 Å². The van der Waals surface area contributed by atoms with Gasteiger partial charge in [-0.3, -0.25) is 4.98 Å². The zero-order chi connectivity index (χ0) is 11.6. The lowest BCUT2D eigenvalue weighted by atomic mass is 9.91. The first kappa shape index (κ1) is 9.05. The predicted octanol–water partition coefficient (Wildman–Crippen LogP) is 2.79.